The van der Waals surface area contributed by atoms with Crippen LogP contribution in [-0.2, 0) is 0 Å². The molecule has 8 heteroatoms. The van der Waals surface area contributed by atoms with Crippen molar-refractivity contribution < 1.29 is 9.47 Å². The van der Waals surface area contributed by atoms with E-state index < -0.39 is 0 Å². The van der Waals surface area contributed by atoms with Crippen LogP contribution in [0.1, 0.15) is 5.56 Å². The molecular weight excluding hydrogens is 402 g/mol. The van der Waals surface area contributed by atoms with E-state index in [2.05, 4.69) is 37.1 Å². The topological polar surface area (TPSA) is 80.1 Å². The number of aromatic nitrogens is 2. The SMILES string of the molecule is COc1cc(OC)cc(-c2ncc(C=N)c(NPI)n2)c1. The maximum atomic E-state index is 7.38. The molecule has 0 aliphatic rings. The van der Waals surface area contributed by atoms with Crippen molar-refractivity contribution in [1.29, 1.82) is 5.41 Å². The van der Waals surface area contributed by atoms with Gasteiger partial charge in [0, 0.05) is 30.4 Å². The number of anilines is 1. The Kier molecular flexibility index (Phi) is 5.69. The first-order valence-corrected chi connectivity index (χ1v) is 10.1. The number of halogens is 1. The molecule has 0 saturated heterocycles. The van der Waals surface area contributed by atoms with Crippen molar-refractivity contribution in [2.45, 2.75) is 0 Å². The molecule has 6 nitrogen and oxygen atoms in total. The van der Waals surface area contributed by atoms with Gasteiger partial charge in [-0.15, -0.1) is 0 Å². The molecule has 1 aromatic heterocycles. The van der Waals surface area contributed by atoms with Crippen LogP contribution in [0.15, 0.2) is 24.4 Å². The minimum absolute atomic E-state index is 0.461. The van der Waals surface area contributed by atoms with Crippen LogP contribution in [0.3, 0.4) is 0 Å². The summed E-state index contributed by atoms with van der Waals surface area (Å²) >= 11 is 2.21. The van der Waals surface area contributed by atoms with Crippen molar-refractivity contribution >= 4 is 40.4 Å². The highest BCUT2D eigenvalue weighted by atomic mass is 127. The number of methoxy groups -OCH3 is 2. The third kappa shape index (κ3) is 3.79. The summed E-state index contributed by atoms with van der Waals surface area (Å²) in [5.41, 5.74) is 1.44. The normalized spacial score (nSPS) is 10.6. The van der Waals surface area contributed by atoms with E-state index >= 15 is 0 Å². The average molecular weight is 416 g/mol. The number of benzene rings is 1. The molecule has 1 unspecified atom stereocenters. The second kappa shape index (κ2) is 7.51. The van der Waals surface area contributed by atoms with E-state index in [-0.39, 0.29) is 0 Å². The predicted molar refractivity (Wildman–Crippen MR) is 94.4 cm³/mol. The van der Waals surface area contributed by atoms with E-state index in [4.69, 9.17) is 14.9 Å². The minimum atomic E-state index is 0.461. The number of nitrogens with zero attached hydrogens (tertiary/aromatic N) is 2. The predicted octanol–water partition coefficient (Wildman–Crippen LogP) is 3.51. The van der Waals surface area contributed by atoms with Crippen molar-refractivity contribution in [2.75, 3.05) is 19.3 Å². The molecule has 0 saturated carbocycles. The van der Waals surface area contributed by atoms with E-state index in [1.807, 2.05) is 12.1 Å². The lowest BCUT2D eigenvalue weighted by atomic mass is 10.2. The summed E-state index contributed by atoms with van der Waals surface area (Å²) in [7, 11) is 3.20. The summed E-state index contributed by atoms with van der Waals surface area (Å²) in [6.45, 7) is 0. The van der Waals surface area contributed by atoms with Gasteiger partial charge in [-0.2, -0.15) is 0 Å². The number of hydrogen-bond donors (Lipinski definition) is 2. The van der Waals surface area contributed by atoms with Gasteiger partial charge < -0.3 is 20.0 Å². The number of rotatable bonds is 6. The summed E-state index contributed by atoms with van der Waals surface area (Å²) in [4.78, 5) is 8.77. The Balaban J connectivity index is 2.50. The van der Waals surface area contributed by atoms with Gasteiger partial charge in [0.1, 0.15) is 17.3 Å². The highest BCUT2D eigenvalue weighted by Gasteiger charge is 2.10. The zero-order chi connectivity index (χ0) is 15.2. The molecule has 2 aromatic rings. The lowest BCUT2D eigenvalue weighted by molar-refractivity contribution is 0.394. The second-order valence-corrected chi connectivity index (χ2v) is 6.02. The molecule has 0 spiro atoms. The summed E-state index contributed by atoms with van der Waals surface area (Å²) in [6.07, 6.45) is 3.32. The van der Waals surface area contributed by atoms with Crippen LogP contribution in [0, 0.1) is 5.41 Å². The Hall–Kier alpha value is -1.47. The molecule has 1 atom stereocenters. The number of nitrogens with one attached hydrogen (secondary N) is 2. The fraction of sp³-hybridized carbons (Fsp3) is 0.154. The van der Waals surface area contributed by atoms with E-state index in [9.17, 15) is 0 Å². The molecule has 0 aliphatic carbocycles. The van der Waals surface area contributed by atoms with Gasteiger partial charge in [0.25, 0.3) is 0 Å². The largest absolute Gasteiger partial charge is 0.497 e. The lowest BCUT2D eigenvalue weighted by Gasteiger charge is -2.10. The van der Waals surface area contributed by atoms with Gasteiger partial charge in [0.05, 0.1) is 19.8 Å². The fourth-order valence-electron chi connectivity index (χ4n) is 1.72. The maximum absolute atomic E-state index is 7.38. The van der Waals surface area contributed by atoms with Gasteiger partial charge in [0.2, 0.25) is 0 Å². The van der Waals surface area contributed by atoms with Gasteiger partial charge in [0.15, 0.2) is 5.82 Å². The summed E-state index contributed by atoms with van der Waals surface area (Å²) in [6, 6.07) is 5.48. The van der Waals surface area contributed by atoms with Gasteiger partial charge in [-0.1, -0.05) is 0 Å². The molecule has 0 aliphatic heterocycles. The second-order valence-electron chi connectivity index (χ2n) is 3.96. The monoisotopic (exact) mass is 416 g/mol. The Morgan fingerprint density at radius 3 is 2.43 bits per heavy atom. The van der Waals surface area contributed by atoms with Gasteiger partial charge >= 0.3 is 0 Å². The minimum Gasteiger partial charge on any atom is -0.497 e. The van der Waals surface area contributed by atoms with E-state index in [0.29, 0.717) is 35.1 Å². The molecular formula is C13H14IN4O2P. The Labute approximate surface area is 137 Å². The van der Waals surface area contributed by atoms with Crippen molar-refractivity contribution in [3.8, 4) is 22.9 Å². The maximum Gasteiger partial charge on any atom is 0.161 e. The Bertz CT molecular complexity index is 632. The molecule has 0 bridgehead atoms. The number of hydrogen-bond acceptors (Lipinski definition) is 6. The molecule has 1 heterocycles. The summed E-state index contributed by atoms with van der Waals surface area (Å²) in [5.74, 6) is 2.54. The first-order chi connectivity index (χ1) is 10.2. The Morgan fingerprint density at radius 1 is 1.24 bits per heavy atom. The van der Waals surface area contributed by atoms with Crippen molar-refractivity contribution in [3.63, 3.8) is 0 Å². The van der Waals surface area contributed by atoms with Crippen LogP contribution in [0.5, 0.6) is 11.5 Å². The van der Waals surface area contributed by atoms with E-state index in [1.165, 1.54) is 6.21 Å². The molecule has 0 amide bonds. The standard InChI is InChI=1S/C13H14IN4O2P/c1-19-10-3-8(4-11(5-10)20-2)12-16-7-9(6-15)13(17-12)18-21-14/h3-7,15,21H,1-2H3,(H,16,17,18). The van der Waals surface area contributed by atoms with Crippen LogP contribution >= 0.6 is 28.4 Å². The highest BCUT2D eigenvalue weighted by Crippen LogP contribution is 2.30. The third-order valence-electron chi connectivity index (χ3n) is 2.75. The first-order valence-electron chi connectivity index (χ1n) is 5.94. The van der Waals surface area contributed by atoms with Gasteiger partial charge in [-0.25, -0.2) is 9.97 Å². The van der Waals surface area contributed by atoms with E-state index in [0.717, 1.165) is 5.56 Å². The zero-order valence-electron chi connectivity index (χ0n) is 11.5. The first kappa shape index (κ1) is 15.9. The highest BCUT2D eigenvalue weighted by molar-refractivity contribution is 14.2. The average Bonchev–Trinajstić information content (AvgIpc) is 2.54. The molecule has 2 rings (SSSR count). The van der Waals surface area contributed by atoms with Crippen LogP contribution < -0.4 is 14.6 Å². The molecule has 0 fully saturated rings. The summed E-state index contributed by atoms with van der Waals surface area (Å²) < 4.78 is 10.5. The van der Waals surface area contributed by atoms with Crippen LogP contribution in [0.2, 0.25) is 0 Å². The van der Waals surface area contributed by atoms with Crippen molar-refractivity contribution in [3.05, 3.63) is 30.0 Å². The van der Waals surface area contributed by atoms with Crippen LogP contribution in [0.4, 0.5) is 5.82 Å². The van der Waals surface area contributed by atoms with E-state index in [1.54, 1.807) is 26.5 Å². The molecule has 2 N–H and O–H groups in total. The zero-order valence-corrected chi connectivity index (χ0v) is 14.6. The lowest BCUT2D eigenvalue weighted by Crippen LogP contribution is -1.99. The fourth-order valence-corrected chi connectivity index (χ4v) is 2.77. The van der Waals surface area contributed by atoms with Gasteiger partial charge in [-0.05, 0) is 34.2 Å². The summed E-state index contributed by atoms with van der Waals surface area (Å²) in [5, 5.41) is 10.5. The van der Waals surface area contributed by atoms with Gasteiger partial charge in [-0.3, -0.25) is 0 Å². The van der Waals surface area contributed by atoms with Crippen LogP contribution in [0.25, 0.3) is 11.4 Å². The van der Waals surface area contributed by atoms with Crippen molar-refractivity contribution in [1.82, 2.24) is 9.97 Å². The third-order valence-corrected chi connectivity index (χ3v) is 3.89. The molecule has 1 aromatic carbocycles. The van der Waals surface area contributed by atoms with Crippen LogP contribution in [-0.4, -0.2) is 30.4 Å². The molecule has 110 valence electrons. The smallest absolute Gasteiger partial charge is 0.161 e. The molecule has 21 heavy (non-hydrogen) atoms. The quantitative estimate of drug-likeness (QED) is 0.428. The van der Waals surface area contributed by atoms with Crippen molar-refractivity contribution in [2.24, 2.45) is 0 Å². The molecule has 0 radical (unpaired) electrons. The Morgan fingerprint density at radius 2 is 1.90 bits per heavy atom. The number of ether oxygens (including phenoxy) is 2.